The van der Waals surface area contributed by atoms with Crippen molar-refractivity contribution in [1.82, 2.24) is 5.32 Å². The molecule has 2 amide bonds. The van der Waals surface area contributed by atoms with Crippen LogP contribution in [-0.2, 0) is 4.79 Å². The van der Waals surface area contributed by atoms with Crippen LogP contribution in [0.1, 0.15) is 19.3 Å². The number of carboxylic acid groups (broad SMARTS) is 1. The number of nitro groups is 1. The molecule has 8 nitrogen and oxygen atoms in total. The lowest BCUT2D eigenvalue weighted by Crippen LogP contribution is -2.60. The first kappa shape index (κ1) is 14.7. The van der Waals surface area contributed by atoms with Gasteiger partial charge in [0.25, 0.3) is 0 Å². The number of benzene rings is 1. The third-order valence-corrected chi connectivity index (χ3v) is 3.37. The quantitative estimate of drug-likeness (QED) is 0.578. The lowest BCUT2D eigenvalue weighted by Gasteiger charge is -2.38. The van der Waals surface area contributed by atoms with Crippen molar-refractivity contribution in [2.24, 2.45) is 0 Å². The van der Waals surface area contributed by atoms with E-state index < -0.39 is 34.0 Å². The van der Waals surface area contributed by atoms with Gasteiger partial charge >= 0.3 is 17.7 Å². The number of amides is 2. The molecule has 9 heteroatoms. The largest absolute Gasteiger partial charge is 0.480 e. The van der Waals surface area contributed by atoms with Gasteiger partial charge in [-0.15, -0.1) is 0 Å². The van der Waals surface area contributed by atoms with Gasteiger partial charge in [0, 0.05) is 17.8 Å². The third-order valence-electron chi connectivity index (χ3n) is 3.37. The highest BCUT2D eigenvalue weighted by molar-refractivity contribution is 5.94. The normalized spacial score (nSPS) is 15.7. The van der Waals surface area contributed by atoms with Gasteiger partial charge in [0.2, 0.25) is 5.82 Å². The summed E-state index contributed by atoms with van der Waals surface area (Å²) in [4.78, 5) is 32.4. The number of nitrogens with one attached hydrogen (secondary N) is 2. The number of carbonyl (C=O) groups excluding carboxylic acids is 1. The zero-order valence-corrected chi connectivity index (χ0v) is 10.8. The Labute approximate surface area is 118 Å². The fraction of sp³-hybridized carbons (Fsp3) is 0.333. The molecular formula is C12H12FN3O5. The van der Waals surface area contributed by atoms with Crippen LogP contribution < -0.4 is 10.6 Å². The van der Waals surface area contributed by atoms with Crippen LogP contribution >= 0.6 is 0 Å². The number of urea groups is 1. The number of aliphatic carboxylic acids is 1. The molecular weight excluding hydrogens is 285 g/mol. The summed E-state index contributed by atoms with van der Waals surface area (Å²) in [5, 5.41) is 24.1. The predicted octanol–water partition coefficient (Wildman–Crippen LogP) is 1.86. The molecule has 0 aromatic heterocycles. The second-order valence-corrected chi connectivity index (χ2v) is 4.74. The van der Waals surface area contributed by atoms with Crippen molar-refractivity contribution in [3.05, 3.63) is 34.1 Å². The highest BCUT2D eigenvalue weighted by Crippen LogP contribution is 2.32. The van der Waals surface area contributed by atoms with Gasteiger partial charge in [0.05, 0.1) is 4.92 Å². The van der Waals surface area contributed by atoms with E-state index in [9.17, 15) is 24.1 Å². The molecule has 0 heterocycles. The van der Waals surface area contributed by atoms with Crippen LogP contribution in [0.25, 0.3) is 0 Å². The molecule has 0 aliphatic heterocycles. The number of rotatable bonds is 4. The fourth-order valence-corrected chi connectivity index (χ4v) is 2.04. The maximum atomic E-state index is 13.4. The molecule has 0 radical (unpaired) electrons. The van der Waals surface area contributed by atoms with Crippen LogP contribution in [0.2, 0.25) is 0 Å². The number of nitrogens with zero attached hydrogens (tertiary/aromatic N) is 1. The Bertz CT molecular complexity index is 615. The highest BCUT2D eigenvalue weighted by Gasteiger charge is 2.45. The summed E-state index contributed by atoms with van der Waals surface area (Å²) in [6.07, 6.45) is 1.34. The van der Waals surface area contributed by atoms with Crippen molar-refractivity contribution in [2.45, 2.75) is 24.8 Å². The van der Waals surface area contributed by atoms with Crippen LogP contribution in [-0.4, -0.2) is 27.6 Å². The summed E-state index contributed by atoms with van der Waals surface area (Å²) >= 11 is 0. The van der Waals surface area contributed by atoms with E-state index in [-0.39, 0.29) is 5.69 Å². The molecule has 1 fully saturated rings. The highest BCUT2D eigenvalue weighted by atomic mass is 19.1. The summed E-state index contributed by atoms with van der Waals surface area (Å²) < 4.78 is 13.4. The molecule has 21 heavy (non-hydrogen) atoms. The molecule has 3 N–H and O–H groups in total. The Morgan fingerprint density at radius 2 is 2.05 bits per heavy atom. The summed E-state index contributed by atoms with van der Waals surface area (Å²) in [6, 6.07) is 2.08. The molecule has 1 aliphatic rings. The third kappa shape index (κ3) is 2.91. The number of carbonyl (C=O) groups is 2. The van der Waals surface area contributed by atoms with Crippen LogP contribution in [0.3, 0.4) is 0 Å². The second kappa shape index (κ2) is 5.35. The van der Waals surface area contributed by atoms with Crippen LogP contribution in [0.15, 0.2) is 18.2 Å². The standard InChI is InChI=1S/C12H12FN3O5/c13-8-6-7(2-3-9(8)16(20)21)14-11(19)15-12(10(17)18)4-1-5-12/h2-3,6H,1,4-5H2,(H,17,18)(H2,14,15,19). The van der Waals surface area contributed by atoms with Crippen LogP contribution in [0, 0.1) is 15.9 Å². The number of hydrogen-bond donors (Lipinski definition) is 3. The average molecular weight is 297 g/mol. The molecule has 1 aliphatic carbocycles. The topological polar surface area (TPSA) is 122 Å². The molecule has 0 bridgehead atoms. The summed E-state index contributed by atoms with van der Waals surface area (Å²) in [7, 11) is 0. The lowest BCUT2D eigenvalue weighted by atomic mass is 9.77. The van der Waals surface area contributed by atoms with E-state index in [4.69, 9.17) is 5.11 Å². The summed E-state index contributed by atoms with van der Waals surface area (Å²) in [5.74, 6) is -2.21. The van der Waals surface area contributed by atoms with E-state index in [1.807, 2.05) is 0 Å². The van der Waals surface area contributed by atoms with Gasteiger partial charge in [-0.25, -0.2) is 9.59 Å². The molecule has 1 aromatic carbocycles. The molecule has 1 saturated carbocycles. The van der Waals surface area contributed by atoms with Crippen molar-refractivity contribution < 1.29 is 24.0 Å². The fourth-order valence-electron chi connectivity index (χ4n) is 2.04. The molecule has 0 unspecified atom stereocenters. The zero-order valence-electron chi connectivity index (χ0n) is 10.8. The Kier molecular flexibility index (Phi) is 3.74. The SMILES string of the molecule is O=C(Nc1ccc([N+](=O)[O-])c(F)c1)NC1(C(=O)O)CCC1. The van der Waals surface area contributed by atoms with Gasteiger partial charge < -0.3 is 15.7 Å². The monoisotopic (exact) mass is 297 g/mol. The maximum absolute atomic E-state index is 13.4. The van der Waals surface area contributed by atoms with E-state index in [1.54, 1.807) is 0 Å². The minimum atomic E-state index is -1.29. The molecule has 2 rings (SSSR count). The first-order chi connectivity index (χ1) is 9.84. The van der Waals surface area contributed by atoms with Gasteiger partial charge in [0.15, 0.2) is 0 Å². The van der Waals surface area contributed by atoms with Crippen LogP contribution in [0.5, 0.6) is 0 Å². The number of carboxylic acids is 1. The second-order valence-electron chi connectivity index (χ2n) is 4.74. The summed E-state index contributed by atoms with van der Waals surface area (Å²) in [5.41, 5.74) is -2.00. The molecule has 0 saturated heterocycles. The number of anilines is 1. The van der Waals surface area contributed by atoms with E-state index in [0.717, 1.165) is 18.2 Å². The van der Waals surface area contributed by atoms with Crippen LogP contribution in [0.4, 0.5) is 20.6 Å². The van der Waals surface area contributed by atoms with Crippen molar-refractivity contribution in [2.75, 3.05) is 5.32 Å². The lowest BCUT2D eigenvalue weighted by molar-refractivity contribution is -0.387. The summed E-state index contributed by atoms with van der Waals surface area (Å²) in [6.45, 7) is 0. The first-order valence-electron chi connectivity index (χ1n) is 6.10. The van der Waals surface area contributed by atoms with E-state index >= 15 is 0 Å². The molecule has 1 aromatic rings. The van der Waals surface area contributed by atoms with Crippen molar-refractivity contribution in [3.63, 3.8) is 0 Å². The Balaban J connectivity index is 2.05. The van der Waals surface area contributed by atoms with Crippen molar-refractivity contribution in [1.29, 1.82) is 0 Å². The van der Waals surface area contributed by atoms with Gasteiger partial charge in [-0.05, 0) is 25.3 Å². The van der Waals surface area contributed by atoms with Gasteiger partial charge in [-0.1, -0.05) is 0 Å². The van der Waals surface area contributed by atoms with Crippen molar-refractivity contribution in [3.8, 4) is 0 Å². The predicted molar refractivity (Wildman–Crippen MR) is 69.4 cm³/mol. The minimum Gasteiger partial charge on any atom is -0.480 e. The first-order valence-corrected chi connectivity index (χ1v) is 6.10. The number of hydrogen-bond acceptors (Lipinski definition) is 4. The zero-order chi connectivity index (χ0) is 15.6. The number of nitro benzene ring substituents is 1. The molecule has 0 spiro atoms. The van der Waals surface area contributed by atoms with E-state index in [2.05, 4.69) is 10.6 Å². The van der Waals surface area contributed by atoms with Gasteiger partial charge in [0.1, 0.15) is 5.54 Å². The Morgan fingerprint density at radius 3 is 2.48 bits per heavy atom. The molecule has 0 atom stereocenters. The Morgan fingerprint density at radius 1 is 1.38 bits per heavy atom. The number of halogens is 1. The van der Waals surface area contributed by atoms with Gasteiger partial charge in [-0.2, -0.15) is 4.39 Å². The van der Waals surface area contributed by atoms with E-state index in [0.29, 0.717) is 19.3 Å². The minimum absolute atomic E-state index is 0.00420. The van der Waals surface area contributed by atoms with E-state index in [1.165, 1.54) is 0 Å². The molecule has 112 valence electrons. The smallest absolute Gasteiger partial charge is 0.329 e. The van der Waals surface area contributed by atoms with Crippen molar-refractivity contribution >= 4 is 23.4 Å². The Hall–Kier alpha value is -2.71. The average Bonchev–Trinajstić information content (AvgIpc) is 2.32. The maximum Gasteiger partial charge on any atom is 0.329 e. The van der Waals surface area contributed by atoms with Gasteiger partial charge in [-0.3, -0.25) is 10.1 Å².